The number of anilines is 3. The van der Waals surface area contributed by atoms with Crippen molar-refractivity contribution in [3.63, 3.8) is 0 Å². The summed E-state index contributed by atoms with van der Waals surface area (Å²) in [4.78, 5) is 20.8. The van der Waals surface area contributed by atoms with Crippen molar-refractivity contribution in [3.05, 3.63) is 36.0 Å². The maximum Gasteiger partial charge on any atom is 0.306 e. The lowest BCUT2D eigenvalue weighted by Crippen LogP contribution is -2.29. The van der Waals surface area contributed by atoms with Crippen molar-refractivity contribution in [2.75, 3.05) is 24.8 Å². The second kappa shape index (κ2) is 9.69. The Morgan fingerprint density at radius 1 is 1.23 bits per heavy atom. The van der Waals surface area contributed by atoms with Gasteiger partial charge in [0, 0.05) is 25.1 Å². The van der Waals surface area contributed by atoms with Gasteiger partial charge in [0.1, 0.15) is 11.4 Å². The quantitative estimate of drug-likeness (QED) is 0.528. The van der Waals surface area contributed by atoms with E-state index in [9.17, 15) is 4.79 Å². The molecule has 31 heavy (non-hydrogen) atoms. The molecule has 2 N–H and O–H groups in total. The summed E-state index contributed by atoms with van der Waals surface area (Å²) in [7, 11) is 3.41. The van der Waals surface area contributed by atoms with E-state index < -0.39 is 5.60 Å². The van der Waals surface area contributed by atoms with Gasteiger partial charge in [-0.1, -0.05) is 11.8 Å². The summed E-state index contributed by atoms with van der Waals surface area (Å²) in [5.74, 6) is 8.94. The molecule has 2 aromatic rings. The second-order valence-corrected chi connectivity index (χ2v) is 8.65. The summed E-state index contributed by atoms with van der Waals surface area (Å²) < 4.78 is 10.6. The van der Waals surface area contributed by atoms with Gasteiger partial charge in [-0.25, -0.2) is 4.98 Å². The van der Waals surface area contributed by atoms with Crippen molar-refractivity contribution >= 4 is 23.4 Å². The number of benzene rings is 1. The van der Waals surface area contributed by atoms with E-state index in [0.717, 1.165) is 29.8 Å². The van der Waals surface area contributed by atoms with Crippen molar-refractivity contribution in [1.82, 2.24) is 9.97 Å². The predicted octanol–water partition coefficient (Wildman–Crippen LogP) is 4.38. The monoisotopic (exact) mass is 422 g/mol. The molecule has 7 heteroatoms. The molecule has 1 fully saturated rings. The Morgan fingerprint density at radius 2 is 1.94 bits per heavy atom. The second-order valence-electron chi connectivity index (χ2n) is 8.65. The number of hydrogen-bond acceptors (Lipinski definition) is 7. The molecule has 1 heterocycles. The van der Waals surface area contributed by atoms with Crippen LogP contribution in [0, 0.1) is 23.7 Å². The van der Waals surface area contributed by atoms with Crippen LogP contribution < -0.4 is 15.4 Å². The highest BCUT2D eigenvalue weighted by Crippen LogP contribution is 2.36. The number of carbonyl (C=O) groups excluding carboxylic acids is 1. The van der Waals surface area contributed by atoms with E-state index in [1.807, 2.05) is 45.0 Å². The van der Waals surface area contributed by atoms with E-state index in [1.165, 1.54) is 0 Å². The van der Waals surface area contributed by atoms with Gasteiger partial charge >= 0.3 is 5.97 Å². The fraction of sp³-hybridized carbons (Fsp3) is 0.458. The minimum absolute atomic E-state index is 0.133. The van der Waals surface area contributed by atoms with Gasteiger partial charge in [0.25, 0.3) is 0 Å². The molecule has 164 valence electrons. The smallest absolute Gasteiger partial charge is 0.306 e. The number of methoxy groups -OCH3 is 1. The van der Waals surface area contributed by atoms with E-state index in [2.05, 4.69) is 32.4 Å². The van der Waals surface area contributed by atoms with E-state index in [0.29, 0.717) is 24.1 Å². The van der Waals surface area contributed by atoms with Gasteiger partial charge in [-0.15, -0.1) is 0 Å². The minimum atomic E-state index is -0.438. The predicted molar refractivity (Wildman–Crippen MR) is 121 cm³/mol. The summed E-state index contributed by atoms with van der Waals surface area (Å²) in [6.45, 7) is 5.66. The number of carbonyl (C=O) groups is 1. The van der Waals surface area contributed by atoms with Crippen molar-refractivity contribution < 1.29 is 14.3 Å². The fourth-order valence-corrected chi connectivity index (χ4v) is 3.32. The summed E-state index contributed by atoms with van der Waals surface area (Å²) in [5.41, 5.74) is 1.17. The van der Waals surface area contributed by atoms with Gasteiger partial charge in [0.05, 0.1) is 18.9 Å². The Balaban J connectivity index is 1.63. The first kappa shape index (κ1) is 22.4. The van der Waals surface area contributed by atoms with Gasteiger partial charge in [0.15, 0.2) is 5.82 Å². The number of rotatable bonds is 6. The first-order valence-corrected chi connectivity index (χ1v) is 10.4. The molecule has 1 aliphatic carbocycles. The first-order valence-electron chi connectivity index (χ1n) is 10.4. The molecule has 0 amide bonds. The zero-order chi connectivity index (χ0) is 22.4. The Hall–Kier alpha value is -3.27. The number of nitrogens with one attached hydrogen (secondary N) is 2. The third-order valence-corrected chi connectivity index (χ3v) is 4.89. The molecule has 0 spiro atoms. The third-order valence-electron chi connectivity index (χ3n) is 4.89. The van der Waals surface area contributed by atoms with Gasteiger partial charge in [-0.3, -0.25) is 4.79 Å². The zero-order valence-electron chi connectivity index (χ0n) is 18.8. The lowest BCUT2D eigenvalue weighted by molar-refractivity contribution is -0.156. The summed E-state index contributed by atoms with van der Waals surface area (Å²) >= 11 is 0. The number of aromatic nitrogens is 2. The summed E-state index contributed by atoms with van der Waals surface area (Å²) in [6.07, 6.45) is 3.99. The number of esters is 1. The molecule has 1 aliphatic rings. The van der Waals surface area contributed by atoms with Crippen LogP contribution in [-0.2, 0) is 9.53 Å². The van der Waals surface area contributed by atoms with Gasteiger partial charge in [-0.2, -0.15) is 4.98 Å². The van der Waals surface area contributed by atoms with Crippen molar-refractivity contribution in [1.29, 1.82) is 0 Å². The van der Waals surface area contributed by atoms with Crippen LogP contribution in [-0.4, -0.2) is 35.7 Å². The molecule has 0 atom stereocenters. The van der Waals surface area contributed by atoms with Crippen LogP contribution in [0.2, 0.25) is 0 Å². The highest BCUT2D eigenvalue weighted by atomic mass is 16.6. The molecule has 1 saturated carbocycles. The molecular weight excluding hydrogens is 392 g/mol. The lowest BCUT2D eigenvalue weighted by Gasteiger charge is -2.32. The zero-order valence-corrected chi connectivity index (χ0v) is 18.8. The molecule has 0 aliphatic heterocycles. The SMILES string of the molecule is CNc1ncc(C#CC2CC(CC(=O)OC(C)(C)C)C2)c(Nc2ccc(OC)cc2)n1. The van der Waals surface area contributed by atoms with Gasteiger partial charge in [-0.05, 0) is 63.8 Å². The molecule has 1 aromatic heterocycles. The van der Waals surface area contributed by atoms with E-state index >= 15 is 0 Å². The van der Waals surface area contributed by atoms with Crippen LogP contribution in [0.15, 0.2) is 30.5 Å². The van der Waals surface area contributed by atoms with E-state index in [-0.39, 0.29) is 11.9 Å². The molecular formula is C24H30N4O3. The highest BCUT2D eigenvalue weighted by Gasteiger charge is 2.31. The van der Waals surface area contributed by atoms with Crippen LogP contribution >= 0.6 is 0 Å². The summed E-state index contributed by atoms with van der Waals surface area (Å²) in [5, 5.41) is 6.26. The highest BCUT2D eigenvalue weighted by molar-refractivity contribution is 5.70. The van der Waals surface area contributed by atoms with E-state index in [4.69, 9.17) is 9.47 Å². The van der Waals surface area contributed by atoms with Crippen LogP contribution in [0.5, 0.6) is 5.75 Å². The molecule has 0 bridgehead atoms. The molecule has 3 rings (SSSR count). The van der Waals surface area contributed by atoms with Crippen molar-refractivity contribution in [2.45, 2.75) is 45.6 Å². The Labute approximate surface area is 184 Å². The standard InChI is InChI=1S/C24H30N4O3/c1-24(2,3)31-21(29)14-17-12-16(13-17)6-7-18-15-26-23(25-4)28-22(18)27-19-8-10-20(30-5)11-9-19/h8-11,15-17H,12-14H2,1-5H3,(H2,25,26,27,28). The van der Waals surface area contributed by atoms with Crippen molar-refractivity contribution in [2.24, 2.45) is 11.8 Å². The van der Waals surface area contributed by atoms with E-state index in [1.54, 1.807) is 20.4 Å². The van der Waals surface area contributed by atoms with Crippen LogP contribution in [0.4, 0.5) is 17.5 Å². The maximum atomic E-state index is 12.0. The number of ether oxygens (including phenoxy) is 2. The van der Waals surface area contributed by atoms with Gasteiger partial charge < -0.3 is 20.1 Å². The van der Waals surface area contributed by atoms with Crippen LogP contribution in [0.3, 0.4) is 0 Å². The topological polar surface area (TPSA) is 85.4 Å². The Bertz CT molecular complexity index is 965. The summed E-state index contributed by atoms with van der Waals surface area (Å²) in [6, 6.07) is 7.61. The lowest BCUT2D eigenvalue weighted by atomic mass is 9.73. The first-order chi connectivity index (χ1) is 14.8. The molecule has 0 radical (unpaired) electrons. The molecule has 0 unspecified atom stereocenters. The third kappa shape index (κ3) is 6.61. The molecule has 1 aromatic carbocycles. The molecule has 0 saturated heterocycles. The Kier molecular flexibility index (Phi) is 7.01. The number of nitrogens with zero attached hydrogens (tertiary/aromatic N) is 2. The Morgan fingerprint density at radius 3 is 2.55 bits per heavy atom. The number of hydrogen-bond donors (Lipinski definition) is 2. The maximum absolute atomic E-state index is 12.0. The average molecular weight is 423 g/mol. The largest absolute Gasteiger partial charge is 0.497 e. The van der Waals surface area contributed by atoms with Crippen molar-refractivity contribution in [3.8, 4) is 17.6 Å². The average Bonchev–Trinajstić information content (AvgIpc) is 2.69. The fourth-order valence-electron chi connectivity index (χ4n) is 3.32. The van der Waals surface area contributed by atoms with Crippen LogP contribution in [0.25, 0.3) is 0 Å². The minimum Gasteiger partial charge on any atom is -0.497 e. The molecule has 7 nitrogen and oxygen atoms in total. The van der Waals surface area contributed by atoms with Crippen LogP contribution in [0.1, 0.15) is 45.6 Å². The normalized spacial score (nSPS) is 17.6. The van der Waals surface area contributed by atoms with Gasteiger partial charge in [0.2, 0.25) is 5.95 Å².